The van der Waals surface area contributed by atoms with Crippen molar-refractivity contribution in [1.82, 2.24) is 15.2 Å². The van der Waals surface area contributed by atoms with Crippen molar-refractivity contribution in [3.63, 3.8) is 0 Å². The maximum absolute atomic E-state index is 13.9. The van der Waals surface area contributed by atoms with Crippen molar-refractivity contribution in [3.05, 3.63) is 64.8 Å². The number of carbonyl (C=O) groups excluding carboxylic acids is 2. The summed E-state index contributed by atoms with van der Waals surface area (Å²) < 4.78 is 10.6. The lowest BCUT2D eigenvalue weighted by molar-refractivity contribution is 0.0598. The minimum absolute atomic E-state index is 0.0464. The van der Waals surface area contributed by atoms with Crippen LogP contribution in [0, 0.1) is 0 Å². The van der Waals surface area contributed by atoms with E-state index in [1.807, 2.05) is 35.2 Å². The van der Waals surface area contributed by atoms with Gasteiger partial charge in [0.1, 0.15) is 17.2 Å². The molecule has 2 amide bonds. The molecule has 1 atom stereocenters. The number of thiazole rings is 1. The van der Waals surface area contributed by atoms with E-state index in [1.54, 1.807) is 36.6 Å². The van der Waals surface area contributed by atoms with Crippen LogP contribution in [0.2, 0.25) is 0 Å². The summed E-state index contributed by atoms with van der Waals surface area (Å²) in [5.41, 5.74) is 1.98. The van der Waals surface area contributed by atoms with Crippen molar-refractivity contribution in [2.45, 2.75) is 44.1 Å². The molecule has 2 heterocycles. The smallest absolute Gasteiger partial charge is 0.274 e. The van der Waals surface area contributed by atoms with Gasteiger partial charge in [0, 0.05) is 25.0 Å². The zero-order chi connectivity index (χ0) is 25.1. The van der Waals surface area contributed by atoms with Crippen LogP contribution in [0.1, 0.15) is 63.9 Å². The number of hydrogen-bond acceptors (Lipinski definition) is 6. The van der Waals surface area contributed by atoms with E-state index in [0.717, 1.165) is 47.6 Å². The monoisotopic (exact) mass is 505 g/mol. The first-order valence-corrected chi connectivity index (χ1v) is 13.3. The van der Waals surface area contributed by atoms with Crippen LogP contribution in [-0.2, 0) is 0 Å². The summed E-state index contributed by atoms with van der Waals surface area (Å²) in [5.74, 6) is 1.24. The number of benzene rings is 2. The summed E-state index contributed by atoms with van der Waals surface area (Å²) in [6, 6.07) is 15.1. The summed E-state index contributed by atoms with van der Waals surface area (Å²) in [7, 11) is 3.10. The topological polar surface area (TPSA) is 80.8 Å². The van der Waals surface area contributed by atoms with Crippen molar-refractivity contribution in [2.24, 2.45) is 0 Å². The second-order valence-corrected chi connectivity index (χ2v) is 10.3. The van der Waals surface area contributed by atoms with Crippen LogP contribution in [0.15, 0.2) is 48.5 Å². The number of aromatic nitrogens is 1. The second-order valence-electron chi connectivity index (χ2n) is 9.29. The number of carbonyl (C=O) groups is 2. The zero-order valence-corrected chi connectivity index (χ0v) is 21.5. The molecule has 2 aliphatic rings. The van der Waals surface area contributed by atoms with E-state index in [-0.39, 0.29) is 17.9 Å². The summed E-state index contributed by atoms with van der Waals surface area (Å²) >= 11 is 1.65. The Labute approximate surface area is 215 Å². The predicted octanol–water partition coefficient (Wildman–Crippen LogP) is 5.13. The standard InChI is InChI=1S/C28H31N3O4S/c1-34-21-13-14-23(35-2)22(16-21)26(32)29-17-20-10-6-7-15-31(20)28(33)24-25(18-8-4-3-5-9-18)36-27(30-24)19-11-12-19/h3-5,8-9,13-14,16,19-20H,6-7,10-12,15,17H2,1-2H3,(H,29,32). The van der Waals surface area contributed by atoms with Crippen LogP contribution in [0.3, 0.4) is 0 Å². The predicted molar refractivity (Wildman–Crippen MR) is 140 cm³/mol. The Kier molecular flexibility index (Phi) is 7.23. The van der Waals surface area contributed by atoms with E-state index in [0.29, 0.717) is 41.8 Å². The molecule has 2 fully saturated rings. The van der Waals surface area contributed by atoms with E-state index in [2.05, 4.69) is 5.32 Å². The van der Waals surface area contributed by atoms with Gasteiger partial charge in [0.15, 0.2) is 0 Å². The molecule has 0 bridgehead atoms. The quantitative estimate of drug-likeness (QED) is 0.459. The summed E-state index contributed by atoms with van der Waals surface area (Å²) in [5, 5.41) is 4.08. The van der Waals surface area contributed by atoms with E-state index >= 15 is 0 Å². The minimum atomic E-state index is -0.252. The molecule has 0 radical (unpaired) electrons. The molecule has 1 aliphatic heterocycles. The lowest BCUT2D eigenvalue weighted by Crippen LogP contribution is -2.49. The Balaban J connectivity index is 1.36. The number of methoxy groups -OCH3 is 2. The van der Waals surface area contributed by atoms with Crippen molar-refractivity contribution in [3.8, 4) is 21.9 Å². The van der Waals surface area contributed by atoms with Gasteiger partial charge in [0.25, 0.3) is 11.8 Å². The highest BCUT2D eigenvalue weighted by atomic mass is 32.1. The largest absolute Gasteiger partial charge is 0.497 e. The third-order valence-electron chi connectivity index (χ3n) is 6.85. The molecule has 0 spiro atoms. The number of likely N-dealkylation sites (tertiary alicyclic amines) is 1. The molecule has 1 aliphatic carbocycles. The maximum atomic E-state index is 13.9. The van der Waals surface area contributed by atoms with Gasteiger partial charge in [-0.05, 0) is 55.9 Å². The maximum Gasteiger partial charge on any atom is 0.274 e. The number of piperidine rings is 1. The Hall–Kier alpha value is -3.39. The average molecular weight is 506 g/mol. The molecular formula is C28H31N3O4S. The Bertz CT molecular complexity index is 1240. The third kappa shape index (κ3) is 5.09. The lowest BCUT2D eigenvalue weighted by Gasteiger charge is -2.35. The molecule has 1 saturated carbocycles. The van der Waals surface area contributed by atoms with Crippen molar-refractivity contribution < 1.29 is 19.1 Å². The average Bonchev–Trinajstić information content (AvgIpc) is 3.69. The molecule has 2 aromatic carbocycles. The molecule has 1 aromatic heterocycles. The SMILES string of the molecule is COc1ccc(OC)c(C(=O)NCC2CCCCN2C(=O)c2nc(C3CC3)sc2-c2ccccc2)c1. The lowest BCUT2D eigenvalue weighted by atomic mass is 10.0. The first kappa shape index (κ1) is 24.3. The number of amides is 2. The van der Waals surface area contributed by atoms with Crippen LogP contribution < -0.4 is 14.8 Å². The first-order valence-electron chi connectivity index (χ1n) is 12.5. The van der Waals surface area contributed by atoms with Gasteiger partial charge in [-0.25, -0.2) is 4.98 Å². The van der Waals surface area contributed by atoms with Gasteiger partial charge in [-0.2, -0.15) is 0 Å². The van der Waals surface area contributed by atoms with Crippen LogP contribution in [0.5, 0.6) is 11.5 Å². The van der Waals surface area contributed by atoms with Crippen molar-refractivity contribution >= 4 is 23.2 Å². The summed E-state index contributed by atoms with van der Waals surface area (Å²) in [6.45, 7) is 1.03. The van der Waals surface area contributed by atoms with Crippen molar-refractivity contribution in [1.29, 1.82) is 0 Å². The van der Waals surface area contributed by atoms with Crippen LogP contribution >= 0.6 is 11.3 Å². The number of ether oxygens (including phenoxy) is 2. The van der Waals surface area contributed by atoms with Gasteiger partial charge in [0.2, 0.25) is 0 Å². The molecule has 188 valence electrons. The number of nitrogens with one attached hydrogen (secondary N) is 1. The Morgan fingerprint density at radius 1 is 1.06 bits per heavy atom. The fourth-order valence-corrected chi connectivity index (χ4v) is 5.92. The van der Waals surface area contributed by atoms with E-state index in [9.17, 15) is 9.59 Å². The fraction of sp³-hybridized carbons (Fsp3) is 0.393. The Morgan fingerprint density at radius 2 is 1.86 bits per heavy atom. The van der Waals surface area contributed by atoms with Crippen LogP contribution in [-0.4, -0.2) is 55.0 Å². The van der Waals surface area contributed by atoms with Gasteiger partial charge in [-0.15, -0.1) is 11.3 Å². The minimum Gasteiger partial charge on any atom is -0.497 e. The third-order valence-corrected chi connectivity index (χ3v) is 8.11. The normalized spacial score (nSPS) is 17.5. The molecule has 1 N–H and O–H groups in total. The van der Waals surface area contributed by atoms with Gasteiger partial charge in [-0.1, -0.05) is 30.3 Å². The number of rotatable bonds is 8. The van der Waals surface area contributed by atoms with Crippen molar-refractivity contribution in [2.75, 3.05) is 27.3 Å². The molecular weight excluding hydrogens is 474 g/mol. The molecule has 7 nitrogen and oxygen atoms in total. The second kappa shape index (κ2) is 10.7. The van der Waals surface area contributed by atoms with E-state index in [4.69, 9.17) is 14.5 Å². The highest BCUT2D eigenvalue weighted by molar-refractivity contribution is 7.15. The van der Waals surface area contributed by atoms with Crippen LogP contribution in [0.25, 0.3) is 10.4 Å². The number of hydrogen-bond donors (Lipinski definition) is 1. The zero-order valence-electron chi connectivity index (χ0n) is 20.7. The highest BCUT2D eigenvalue weighted by Gasteiger charge is 2.34. The molecule has 3 aromatic rings. The molecule has 1 unspecified atom stereocenters. The number of nitrogens with zero attached hydrogens (tertiary/aromatic N) is 2. The van der Waals surface area contributed by atoms with Gasteiger partial charge >= 0.3 is 0 Å². The highest BCUT2D eigenvalue weighted by Crippen LogP contribution is 2.45. The molecule has 36 heavy (non-hydrogen) atoms. The van der Waals surface area contributed by atoms with E-state index in [1.165, 1.54) is 7.11 Å². The van der Waals surface area contributed by atoms with E-state index < -0.39 is 0 Å². The summed E-state index contributed by atoms with van der Waals surface area (Å²) in [4.78, 5) is 34.6. The van der Waals surface area contributed by atoms with Crippen LogP contribution in [0.4, 0.5) is 0 Å². The molecule has 1 saturated heterocycles. The summed E-state index contributed by atoms with van der Waals surface area (Å²) in [6.07, 6.45) is 5.08. The van der Waals surface area contributed by atoms with Gasteiger partial charge < -0.3 is 19.7 Å². The fourth-order valence-electron chi connectivity index (χ4n) is 4.69. The van der Waals surface area contributed by atoms with Gasteiger partial charge in [0.05, 0.1) is 29.7 Å². The van der Waals surface area contributed by atoms with Gasteiger partial charge in [-0.3, -0.25) is 9.59 Å². The first-order chi connectivity index (χ1) is 17.6. The molecule has 5 rings (SSSR count). The Morgan fingerprint density at radius 3 is 2.58 bits per heavy atom. The molecule has 8 heteroatoms.